The van der Waals surface area contributed by atoms with Crippen LogP contribution in [-0.2, 0) is 5.75 Å². The minimum Gasteiger partial charge on any atom is -0.262 e. The number of aromatic nitrogens is 4. The number of nitrogens with zero attached hydrogens (tertiary/aromatic N) is 3. The molecule has 23 heavy (non-hydrogen) atoms. The fraction of sp³-hybridized carbons (Fsp3) is 0.312. The van der Waals surface area contributed by atoms with E-state index in [4.69, 9.17) is 11.6 Å². The zero-order chi connectivity index (χ0) is 15.8. The van der Waals surface area contributed by atoms with E-state index in [9.17, 15) is 0 Å². The van der Waals surface area contributed by atoms with Crippen molar-refractivity contribution in [2.75, 3.05) is 6.26 Å². The molecule has 0 spiro atoms. The summed E-state index contributed by atoms with van der Waals surface area (Å²) in [5, 5.41) is 9.74. The number of fused-ring (bicyclic) bond motifs is 1. The zero-order valence-corrected chi connectivity index (χ0v) is 14.9. The molecule has 1 fully saturated rings. The SMILES string of the molecule is CSc1ccc2cc(CSc3n[nH]c(C4CC4)n3)c(Cl)nc2c1. The molecule has 2 heterocycles. The van der Waals surface area contributed by atoms with E-state index in [1.807, 2.05) is 0 Å². The second-order valence-corrected chi connectivity index (χ2v) is 7.74. The van der Waals surface area contributed by atoms with Gasteiger partial charge in [0, 0.05) is 27.5 Å². The van der Waals surface area contributed by atoms with Crippen LogP contribution in [0.2, 0.25) is 5.15 Å². The van der Waals surface area contributed by atoms with Crippen LogP contribution in [0.5, 0.6) is 0 Å². The molecular formula is C16H15ClN4S2. The lowest BCUT2D eigenvalue weighted by Gasteiger charge is -2.06. The molecule has 1 saturated carbocycles. The molecule has 0 radical (unpaired) electrons. The Kier molecular flexibility index (Phi) is 4.22. The highest BCUT2D eigenvalue weighted by Gasteiger charge is 2.27. The third kappa shape index (κ3) is 3.34. The number of aromatic amines is 1. The normalized spacial score (nSPS) is 14.5. The van der Waals surface area contributed by atoms with Gasteiger partial charge in [-0.05, 0) is 37.3 Å². The maximum atomic E-state index is 6.35. The van der Waals surface area contributed by atoms with Gasteiger partial charge in [-0.2, -0.15) is 0 Å². The van der Waals surface area contributed by atoms with Crippen LogP contribution < -0.4 is 0 Å². The van der Waals surface area contributed by atoms with Crippen molar-refractivity contribution < 1.29 is 0 Å². The molecule has 1 aromatic carbocycles. The van der Waals surface area contributed by atoms with E-state index in [-0.39, 0.29) is 0 Å². The molecule has 7 heteroatoms. The molecule has 0 unspecified atom stereocenters. The van der Waals surface area contributed by atoms with Crippen LogP contribution in [0.3, 0.4) is 0 Å². The van der Waals surface area contributed by atoms with E-state index in [1.165, 1.54) is 17.7 Å². The number of benzene rings is 1. The first-order chi connectivity index (χ1) is 11.2. The first kappa shape index (κ1) is 15.3. The summed E-state index contributed by atoms with van der Waals surface area (Å²) >= 11 is 9.64. The molecule has 0 atom stereocenters. The molecule has 0 amide bonds. The fourth-order valence-corrected chi connectivity index (χ4v) is 3.90. The van der Waals surface area contributed by atoms with Crippen molar-refractivity contribution >= 4 is 46.0 Å². The summed E-state index contributed by atoms with van der Waals surface area (Å²) in [4.78, 5) is 10.3. The molecule has 0 aliphatic heterocycles. The molecule has 1 aliphatic carbocycles. The maximum absolute atomic E-state index is 6.35. The molecule has 0 bridgehead atoms. The summed E-state index contributed by atoms with van der Waals surface area (Å²) < 4.78 is 0. The Hall–Kier alpha value is -1.24. The molecule has 1 N–H and O–H groups in total. The Morgan fingerprint density at radius 2 is 2.13 bits per heavy atom. The molecule has 3 aromatic rings. The molecule has 2 aromatic heterocycles. The predicted molar refractivity (Wildman–Crippen MR) is 96.5 cm³/mol. The second kappa shape index (κ2) is 6.34. The maximum Gasteiger partial charge on any atom is 0.208 e. The summed E-state index contributed by atoms with van der Waals surface area (Å²) in [6, 6.07) is 8.38. The summed E-state index contributed by atoms with van der Waals surface area (Å²) in [5.41, 5.74) is 1.95. The van der Waals surface area contributed by atoms with Crippen molar-refractivity contribution in [3.63, 3.8) is 0 Å². The average Bonchev–Trinajstić information content (AvgIpc) is 3.31. The van der Waals surface area contributed by atoms with E-state index in [0.717, 1.165) is 27.4 Å². The van der Waals surface area contributed by atoms with Crippen molar-refractivity contribution in [1.29, 1.82) is 0 Å². The highest BCUT2D eigenvalue weighted by Crippen LogP contribution is 2.38. The third-order valence-corrected chi connectivity index (χ3v) is 5.80. The lowest BCUT2D eigenvalue weighted by molar-refractivity contribution is 0.932. The number of halogens is 1. The number of thioether (sulfide) groups is 2. The van der Waals surface area contributed by atoms with Gasteiger partial charge in [0.2, 0.25) is 5.16 Å². The number of hydrogen-bond donors (Lipinski definition) is 1. The first-order valence-corrected chi connectivity index (χ1v) is 10.00. The topological polar surface area (TPSA) is 54.5 Å². The van der Waals surface area contributed by atoms with Crippen LogP contribution in [0.4, 0.5) is 0 Å². The average molecular weight is 363 g/mol. The van der Waals surface area contributed by atoms with Crippen molar-refractivity contribution in [3.8, 4) is 0 Å². The van der Waals surface area contributed by atoms with Gasteiger partial charge in [0.05, 0.1) is 5.52 Å². The molecule has 4 rings (SSSR count). The largest absolute Gasteiger partial charge is 0.262 e. The van der Waals surface area contributed by atoms with Crippen LogP contribution in [-0.4, -0.2) is 26.4 Å². The highest BCUT2D eigenvalue weighted by molar-refractivity contribution is 7.98. The van der Waals surface area contributed by atoms with Gasteiger partial charge in [-0.1, -0.05) is 29.4 Å². The fourth-order valence-electron chi connectivity index (χ4n) is 2.40. The Bertz CT molecular complexity index is 860. The lowest BCUT2D eigenvalue weighted by atomic mass is 10.2. The number of nitrogens with one attached hydrogen (secondary N) is 1. The van der Waals surface area contributed by atoms with E-state index in [1.54, 1.807) is 23.5 Å². The molecule has 0 saturated heterocycles. The van der Waals surface area contributed by atoms with Gasteiger partial charge < -0.3 is 0 Å². The van der Waals surface area contributed by atoms with Crippen LogP contribution in [0.15, 0.2) is 34.3 Å². The lowest BCUT2D eigenvalue weighted by Crippen LogP contribution is -1.90. The smallest absolute Gasteiger partial charge is 0.208 e. The van der Waals surface area contributed by atoms with E-state index >= 15 is 0 Å². The number of hydrogen-bond acceptors (Lipinski definition) is 5. The van der Waals surface area contributed by atoms with Crippen LogP contribution in [0.25, 0.3) is 10.9 Å². The van der Waals surface area contributed by atoms with Crippen molar-refractivity contribution in [2.24, 2.45) is 0 Å². The van der Waals surface area contributed by atoms with Gasteiger partial charge in [0.25, 0.3) is 0 Å². The Labute approximate surface area is 147 Å². The number of rotatable bonds is 5. The van der Waals surface area contributed by atoms with Crippen molar-refractivity contribution in [1.82, 2.24) is 20.2 Å². The van der Waals surface area contributed by atoms with Crippen molar-refractivity contribution in [3.05, 3.63) is 40.8 Å². The third-order valence-electron chi connectivity index (χ3n) is 3.85. The quantitative estimate of drug-likeness (QED) is 0.517. The highest BCUT2D eigenvalue weighted by atomic mass is 35.5. The Balaban J connectivity index is 1.54. The van der Waals surface area contributed by atoms with Crippen LogP contribution in [0.1, 0.15) is 30.1 Å². The number of H-pyrrole nitrogens is 1. The summed E-state index contributed by atoms with van der Waals surface area (Å²) in [6.45, 7) is 0. The Morgan fingerprint density at radius 3 is 2.91 bits per heavy atom. The van der Waals surface area contributed by atoms with Gasteiger partial charge in [-0.15, -0.1) is 16.9 Å². The van der Waals surface area contributed by atoms with Gasteiger partial charge in [0.15, 0.2) is 0 Å². The molecular weight excluding hydrogens is 348 g/mol. The first-order valence-electron chi connectivity index (χ1n) is 7.41. The monoisotopic (exact) mass is 362 g/mol. The number of pyridine rings is 1. The van der Waals surface area contributed by atoms with Gasteiger partial charge in [-0.3, -0.25) is 5.10 Å². The molecule has 1 aliphatic rings. The minimum atomic E-state index is 0.557. The van der Waals surface area contributed by atoms with Crippen LogP contribution in [0, 0.1) is 0 Å². The van der Waals surface area contributed by atoms with E-state index in [0.29, 0.717) is 16.8 Å². The van der Waals surface area contributed by atoms with Gasteiger partial charge in [-0.25, -0.2) is 9.97 Å². The van der Waals surface area contributed by atoms with Crippen molar-refractivity contribution in [2.45, 2.75) is 34.6 Å². The van der Waals surface area contributed by atoms with E-state index < -0.39 is 0 Å². The predicted octanol–water partition coefficient (Wildman–Crippen LogP) is 4.90. The van der Waals surface area contributed by atoms with Gasteiger partial charge >= 0.3 is 0 Å². The zero-order valence-electron chi connectivity index (χ0n) is 12.5. The van der Waals surface area contributed by atoms with Crippen LogP contribution >= 0.6 is 35.1 Å². The summed E-state index contributed by atoms with van der Waals surface area (Å²) in [7, 11) is 0. The molecule has 118 valence electrons. The summed E-state index contributed by atoms with van der Waals surface area (Å²) in [5.74, 6) is 2.32. The minimum absolute atomic E-state index is 0.557. The molecule has 4 nitrogen and oxygen atoms in total. The standard InChI is InChI=1S/C16H15ClN4S2/c1-22-12-5-4-10-6-11(14(17)18-13(10)7-12)8-23-16-19-15(20-21-16)9-2-3-9/h4-7,9H,2-3,8H2,1H3,(H,19,20,21). The summed E-state index contributed by atoms with van der Waals surface area (Å²) in [6.07, 6.45) is 4.50. The Morgan fingerprint density at radius 1 is 1.26 bits per heavy atom. The van der Waals surface area contributed by atoms with Gasteiger partial charge in [0.1, 0.15) is 11.0 Å². The van der Waals surface area contributed by atoms with E-state index in [2.05, 4.69) is 50.7 Å². The second-order valence-electron chi connectivity index (χ2n) is 5.56.